The molecule has 0 amide bonds. The van der Waals surface area contributed by atoms with Gasteiger partial charge in [0.05, 0.1) is 11.7 Å². The first-order valence-electron chi connectivity index (χ1n) is 12.7. The summed E-state index contributed by atoms with van der Waals surface area (Å²) in [7, 11) is 0. The Labute approximate surface area is 198 Å². The molecule has 2 saturated carbocycles. The van der Waals surface area contributed by atoms with Crippen LogP contribution in [0.25, 0.3) is 0 Å². The standard InChI is InChI=1S/C28H33F4NO/c1-16(2)26-24(25(29)18-8-10-19(11-9-18)28(30,31)32)22(17-6-3-4-7-17)23-20(33-26)14-27(12-5-13-27)15-21(23)34/h8-11,16-17,21,25,34H,3-7,12-15H2,1-2H3/t21-,25?/m0/s1. The molecular formula is C28H33F4NO. The lowest BCUT2D eigenvalue weighted by Gasteiger charge is -2.48. The zero-order valence-electron chi connectivity index (χ0n) is 19.9. The topological polar surface area (TPSA) is 33.1 Å². The maximum atomic E-state index is 16.4. The summed E-state index contributed by atoms with van der Waals surface area (Å²) in [5.41, 5.74) is 3.36. The molecule has 2 nitrogen and oxygen atoms in total. The third-order valence-corrected chi connectivity index (χ3v) is 8.43. The highest BCUT2D eigenvalue weighted by Crippen LogP contribution is 2.56. The molecule has 0 saturated heterocycles. The molecule has 2 fully saturated rings. The zero-order valence-corrected chi connectivity index (χ0v) is 19.9. The van der Waals surface area contributed by atoms with Gasteiger partial charge in [0.15, 0.2) is 6.17 Å². The highest BCUT2D eigenvalue weighted by atomic mass is 19.4. The molecule has 1 unspecified atom stereocenters. The average molecular weight is 476 g/mol. The van der Waals surface area contributed by atoms with E-state index in [-0.39, 0.29) is 22.8 Å². The van der Waals surface area contributed by atoms with Gasteiger partial charge >= 0.3 is 6.18 Å². The molecule has 5 rings (SSSR count). The number of hydrogen-bond acceptors (Lipinski definition) is 2. The fourth-order valence-electron chi connectivity index (χ4n) is 6.58. The van der Waals surface area contributed by atoms with Crippen LogP contribution in [0, 0.1) is 5.41 Å². The van der Waals surface area contributed by atoms with E-state index in [1.54, 1.807) is 0 Å². The van der Waals surface area contributed by atoms with Gasteiger partial charge in [0.1, 0.15) is 0 Å². The maximum Gasteiger partial charge on any atom is 0.416 e. The van der Waals surface area contributed by atoms with E-state index in [4.69, 9.17) is 4.98 Å². The number of fused-ring (bicyclic) bond motifs is 1. The Hall–Kier alpha value is -1.95. The second kappa shape index (κ2) is 8.61. The summed E-state index contributed by atoms with van der Waals surface area (Å²) in [6, 6.07) is 4.39. The maximum absolute atomic E-state index is 16.4. The molecule has 1 aromatic heterocycles. The summed E-state index contributed by atoms with van der Waals surface area (Å²) in [6.45, 7) is 3.99. The van der Waals surface area contributed by atoms with Gasteiger partial charge in [-0.05, 0) is 79.0 Å². The third kappa shape index (κ3) is 4.06. The quantitative estimate of drug-likeness (QED) is 0.453. The van der Waals surface area contributed by atoms with Crippen molar-refractivity contribution in [1.29, 1.82) is 0 Å². The molecule has 0 bridgehead atoms. The van der Waals surface area contributed by atoms with Crippen LogP contribution in [0.5, 0.6) is 0 Å². The molecule has 6 heteroatoms. The van der Waals surface area contributed by atoms with Crippen LogP contribution < -0.4 is 0 Å². The van der Waals surface area contributed by atoms with E-state index < -0.39 is 24.0 Å². The lowest BCUT2D eigenvalue weighted by Crippen LogP contribution is -2.39. The summed E-state index contributed by atoms with van der Waals surface area (Å²) in [5.74, 6) is 0.117. The van der Waals surface area contributed by atoms with Crippen molar-refractivity contribution in [3.8, 4) is 0 Å². The highest BCUT2D eigenvalue weighted by Gasteiger charge is 2.46. The van der Waals surface area contributed by atoms with Crippen molar-refractivity contribution >= 4 is 0 Å². The highest BCUT2D eigenvalue weighted by molar-refractivity contribution is 5.51. The fraction of sp³-hybridized carbons (Fsp3) is 0.607. The molecule has 2 atom stereocenters. The number of hydrogen-bond donors (Lipinski definition) is 1. The van der Waals surface area contributed by atoms with Crippen LogP contribution in [0.2, 0.25) is 0 Å². The Balaban J connectivity index is 1.67. The summed E-state index contributed by atoms with van der Waals surface area (Å²) in [5, 5.41) is 11.3. The predicted molar refractivity (Wildman–Crippen MR) is 123 cm³/mol. The van der Waals surface area contributed by atoms with E-state index in [1.165, 1.54) is 18.6 Å². The van der Waals surface area contributed by atoms with E-state index in [1.807, 2.05) is 13.8 Å². The Bertz CT molecular complexity index is 1050. The molecule has 1 spiro atoms. The molecule has 0 aliphatic heterocycles. The van der Waals surface area contributed by atoms with E-state index in [0.29, 0.717) is 17.7 Å². The molecule has 34 heavy (non-hydrogen) atoms. The van der Waals surface area contributed by atoms with Gasteiger partial charge in [-0.25, -0.2) is 4.39 Å². The van der Waals surface area contributed by atoms with E-state index in [2.05, 4.69) is 0 Å². The van der Waals surface area contributed by atoms with E-state index >= 15 is 4.39 Å². The van der Waals surface area contributed by atoms with Gasteiger partial charge in [0.2, 0.25) is 0 Å². The molecule has 1 heterocycles. The number of halogens is 4. The first kappa shape index (κ1) is 23.8. The van der Waals surface area contributed by atoms with E-state index in [0.717, 1.165) is 73.9 Å². The normalized spacial score (nSPS) is 23.2. The monoisotopic (exact) mass is 475 g/mol. The first-order valence-corrected chi connectivity index (χ1v) is 12.7. The van der Waals surface area contributed by atoms with Crippen molar-refractivity contribution in [2.45, 2.75) is 102 Å². The Morgan fingerprint density at radius 3 is 2.18 bits per heavy atom. The number of rotatable bonds is 4. The average Bonchev–Trinajstić information content (AvgIpc) is 3.30. The minimum atomic E-state index is -4.46. The van der Waals surface area contributed by atoms with E-state index in [9.17, 15) is 18.3 Å². The van der Waals surface area contributed by atoms with Gasteiger partial charge in [0, 0.05) is 22.5 Å². The summed E-state index contributed by atoms with van der Waals surface area (Å²) in [6.07, 6.45) is 2.20. The smallest absolute Gasteiger partial charge is 0.388 e. The van der Waals surface area contributed by atoms with Gasteiger partial charge in [-0.15, -0.1) is 0 Å². The number of aliphatic hydroxyl groups is 1. The number of nitrogens with zero attached hydrogens (tertiary/aromatic N) is 1. The lowest BCUT2D eigenvalue weighted by molar-refractivity contribution is -0.137. The lowest BCUT2D eigenvalue weighted by atomic mass is 9.59. The molecule has 184 valence electrons. The van der Waals surface area contributed by atoms with Crippen molar-refractivity contribution < 1.29 is 22.7 Å². The minimum absolute atomic E-state index is 0.0374. The molecule has 3 aliphatic carbocycles. The SMILES string of the molecule is CC(C)c1nc2c(c(C3CCCC3)c1C(F)c1ccc(C(F)(F)F)cc1)[C@@H](O)CC1(CCC1)C2. The fourth-order valence-corrected chi connectivity index (χ4v) is 6.58. The van der Waals surface area contributed by atoms with Crippen molar-refractivity contribution in [2.75, 3.05) is 0 Å². The molecule has 2 aromatic rings. The van der Waals surface area contributed by atoms with Crippen molar-refractivity contribution in [3.63, 3.8) is 0 Å². The summed E-state index contributed by atoms with van der Waals surface area (Å²) < 4.78 is 55.6. The van der Waals surface area contributed by atoms with Gasteiger partial charge in [-0.2, -0.15) is 13.2 Å². The summed E-state index contributed by atoms with van der Waals surface area (Å²) >= 11 is 0. The van der Waals surface area contributed by atoms with Crippen LogP contribution >= 0.6 is 0 Å². The largest absolute Gasteiger partial charge is 0.416 e. The second-order valence-corrected chi connectivity index (χ2v) is 11.1. The number of benzene rings is 1. The molecule has 1 aromatic carbocycles. The number of aliphatic hydroxyl groups excluding tert-OH is 1. The predicted octanol–water partition coefficient (Wildman–Crippen LogP) is 8.09. The van der Waals surface area contributed by atoms with Crippen LogP contribution in [0.15, 0.2) is 24.3 Å². The first-order chi connectivity index (χ1) is 16.1. The van der Waals surface area contributed by atoms with Crippen molar-refractivity contribution in [3.05, 3.63) is 63.5 Å². The second-order valence-electron chi connectivity index (χ2n) is 11.1. The van der Waals surface area contributed by atoms with Crippen molar-refractivity contribution in [1.82, 2.24) is 4.98 Å². The Morgan fingerprint density at radius 1 is 1.00 bits per heavy atom. The Morgan fingerprint density at radius 2 is 1.65 bits per heavy atom. The zero-order chi connectivity index (χ0) is 24.3. The minimum Gasteiger partial charge on any atom is -0.388 e. The van der Waals surface area contributed by atoms with Gasteiger partial charge in [0.25, 0.3) is 0 Å². The van der Waals surface area contributed by atoms with Crippen LogP contribution in [-0.2, 0) is 12.6 Å². The number of aromatic nitrogens is 1. The molecular weight excluding hydrogens is 442 g/mol. The van der Waals surface area contributed by atoms with Crippen molar-refractivity contribution in [2.24, 2.45) is 5.41 Å². The number of pyridine rings is 1. The van der Waals surface area contributed by atoms with Crippen LogP contribution in [0.1, 0.15) is 129 Å². The molecule has 0 radical (unpaired) electrons. The van der Waals surface area contributed by atoms with Gasteiger partial charge < -0.3 is 5.11 Å². The summed E-state index contributed by atoms with van der Waals surface area (Å²) in [4.78, 5) is 5.00. The van der Waals surface area contributed by atoms with Gasteiger partial charge in [-0.1, -0.05) is 45.2 Å². The molecule has 1 N–H and O–H groups in total. The van der Waals surface area contributed by atoms with Crippen LogP contribution in [0.3, 0.4) is 0 Å². The third-order valence-electron chi connectivity index (χ3n) is 8.43. The molecule has 3 aliphatic rings. The number of alkyl halides is 4. The van der Waals surface area contributed by atoms with Crippen LogP contribution in [-0.4, -0.2) is 10.1 Å². The van der Waals surface area contributed by atoms with Crippen LogP contribution in [0.4, 0.5) is 17.6 Å². The van der Waals surface area contributed by atoms with Gasteiger partial charge in [-0.3, -0.25) is 4.98 Å². The Kier molecular flexibility index (Phi) is 6.02.